The predicted molar refractivity (Wildman–Crippen MR) is 53.0 cm³/mol. The molecule has 1 aromatic rings. The molecule has 0 bridgehead atoms. The van der Waals surface area contributed by atoms with Crippen LogP contribution in [0.25, 0.3) is 0 Å². The first kappa shape index (κ1) is 9.65. The zero-order chi connectivity index (χ0) is 9.80. The Bertz CT molecular complexity index is 281. The smallest absolute Gasteiger partial charge is 0.226 e. The Morgan fingerprint density at radius 1 is 1.50 bits per heavy atom. The first-order valence-corrected chi connectivity index (χ1v) is 5.34. The van der Waals surface area contributed by atoms with Crippen molar-refractivity contribution >= 4 is 0 Å². The number of nitrogens with one attached hydrogen (secondary N) is 1. The molecule has 4 heteroatoms. The van der Waals surface area contributed by atoms with Crippen LogP contribution in [0.2, 0.25) is 0 Å². The van der Waals surface area contributed by atoms with Crippen LogP contribution in [0.4, 0.5) is 0 Å². The van der Waals surface area contributed by atoms with Crippen molar-refractivity contribution in [3.05, 3.63) is 11.7 Å². The lowest BCUT2D eigenvalue weighted by molar-refractivity contribution is 0.369. The third-order valence-corrected chi connectivity index (χ3v) is 2.50. The Morgan fingerprint density at radius 2 is 2.36 bits per heavy atom. The van der Waals surface area contributed by atoms with Crippen molar-refractivity contribution in [2.45, 2.75) is 32.1 Å². The molecule has 1 heterocycles. The topological polar surface area (TPSA) is 51.0 Å². The summed E-state index contributed by atoms with van der Waals surface area (Å²) in [5, 5.41) is 7.07. The number of aryl methyl sites for hydroxylation is 1. The van der Waals surface area contributed by atoms with Gasteiger partial charge in [0.25, 0.3) is 0 Å². The maximum absolute atomic E-state index is 5.15. The van der Waals surface area contributed by atoms with Crippen LogP contribution in [0, 0.1) is 5.92 Å². The minimum absolute atomic E-state index is 0.788. The maximum Gasteiger partial charge on any atom is 0.226 e. The van der Waals surface area contributed by atoms with E-state index in [0.29, 0.717) is 0 Å². The van der Waals surface area contributed by atoms with Crippen LogP contribution in [0.5, 0.6) is 0 Å². The fraction of sp³-hybridized carbons (Fsp3) is 0.800. The molecule has 0 amide bonds. The lowest BCUT2D eigenvalue weighted by Crippen LogP contribution is -2.08. The molecule has 0 radical (unpaired) electrons. The summed E-state index contributed by atoms with van der Waals surface area (Å²) in [6.45, 7) is 1.00. The molecule has 2 rings (SSSR count). The van der Waals surface area contributed by atoms with Crippen LogP contribution in [-0.2, 0) is 12.8 Å². The number of hydrogen-bond acceptors (Lipinski definition) is 4. The van der Waals surface area contributed by atoms with Crippen LogP contribution >= 0.6 is 0 Å². The third-order valence-electron chi connectivity index (χ3n) is 2.50. The number of nitrogens with zero attached hydrogens (tertiary/aromatic N) is 2. The second-order valence-corrected chi connectivity index (χ2v) is 3.96. The first-order chi connectivity index (χ1) is 6.88. The average Bonchev–Trinajstić information content (AvgIpc) is 2.87. The van der Waals surface area contributed by atoms with Crippen molar-refractivity contribution < 1.29 is 4.52 Å². The second-order valence-electron chi connectivity index (χ2n) is 3.96. The molecule has 14 heavy (non-hydrogen) atoms. The number of hydrogen-bond donors (Lipinski definition) is 1. The highest BCUT2D eigenvalue weighted by atomic mass is 16.5. The van der Waals surface area contributed by atoms with E-state index >= 15 is 0 Å². The molecule has 1 fully saturated rings. The van der Waals surface area contributed by atoms with Gasteiger partial charge in [-0.1, -0.05) is 5.16 Å². The van der Waals surface area contributed by atoms with Crippen molar-refractivity contribution in [1.82, 2.24) is 15.5 Å². The van der Waals surface area contributed by atoms with Crippen molar-refractivity contribution in [1.29, 1.82) is 0 Å². The molecule has 4 nitrogen and oxygen atoms in total. The molecule has 0 atom stereocenters. The van der Waals surface area contributed by atoms with Gasteiger partial charge >= 0.3 is 0 Å². The maximum atomic E-state index is 5.15. The highest BCUT2D eigenvalue weighted by Crippen LogP contribution is 2.31. The van der Waals surface area contributed by atoms with E-state index in [4.69, 9.17) is 4.52 Å². The van der Waals surface area contributed by atoms with E-state index in [-0.39, 0.29) is 0 Å². The first-order valence-electron chi connectivity index (χ1n) is 5.34. The van der Waals surface area contributed by atoms with Gasteiger partial charge in [-0.25, -0.2) is 0 Å². The lowest BCUT2D eigenvalue weighted by Gasteiger charge is -1.93. The molecule has 0 saturated heterocycles. The molecule has 1 aliphatic carbocycles. The molecule has 1 aliphatic rings. The van der Waals surface area contributed by atoms with Crippen LogP contribution < -0.4 is 5.32 Å². The van der Waals surface area contributed by atoms with Gasteiger partial charge in [0.05, 0.1) is 0 Å². The van der Waals surface area contributed by atoms with E-state index < -0.39 is 0 Å². The minimum atomic E-state index is 0.788. The van der Waals surface area contributed by atoms with E-state index in [9.17, 15) is 0 Å². The number of aromatic nitrogens is 2. The van der Waals surface area contributed by atoms with Gasteiger partial charge in [-0.05, 0) is 38.8 Å². The molecule has 0 aliphatic heterocycles. The van der Waals surface area contributed by atoms with Crippen LogP contribution in [0.15, 0.2) is 4.52 Å². The largest absolute Gasteiger partial charge is 0.339 e. The summed E-state index contributed by atoms with van der Waals surface area (Å²) in [4.78, 5) is 4.36. The van der Waals surface area contributed by atoms with Gasteiger partial charge in [-0.15, -0.1) is 0 Å². The summed E-state index contributed by atoms with van der Waals surface area (Å²) in [6.07, 6.45) is 5.63. The Hall–Kier alpha value is -0.900. The molecule has 1 aromatic heterocycles. The van der Waals surface area contributed by atoms with Crippen LogP contribution in [0.3, 0.4) is 0 Å². The normalized spacial score (nSPS) is 16.1. The molecule has 0 spiro atoms. The van der Waals surface area contributed by atoms with Gasteiger partial charge < -0.3 is 9.84 Å². The lowest BCUT2D eigenvalue weighted by atomic mass is 10.3. The van der Waals surface area contributed by atoms with Gasteiger partial charge in [0.2, 0.25) is 5.89 Å². The zero-order valence-corrected chi connectivity index (χ0v) is 8.62. The standard InChI is InChI=1S/C10H17N3O/c1-11-6-2-3-10-12-9(13-14-10)7-8-4-5-8/h8,11H,2-7H2,1H3. The second kappa shape index (κ2) is 4.55. The van der Waals surface area contributed by atoms with Gasteiger partial charge in [-0.2, -0.15) is 4.98 Å². The molecule has 78 valence electrons. The van der Waals surface area contributed by atoms with Gasteiger partial charge in [0.1, 0.15) is 0 Å². The molecule has 0 aromatic carbocycles. The average molecular weight is 195 g/mol. The van der Waals surface area contributed by atoms with E-state index in [1.807, 2.05) is 7.05 Å². The zero-order valence-electron chi connectivity index (χ0n) is 8.62. The Morgan fingerprint density at radius 3 is 3.07 bits per heavy atom. The van der Waals surface area contributed by atoms with Gasteiger partial charge in [0, 0.05) is 12.8 Å². The Balaban J connectivity index is 1.76. The summed E-state index contributed by atoms with van der Waals surface area (Å²) in [5.41, 5.74) is 0. The van der Waals surface area contributed by atoms with E-state index in [0.717, 1.165) is 43.4 Å². The third kappa shape index (κ3) is 2.80. The van der Waals surface area contributed by atoms with E-state index in [1.54, 1.807) is 0 Å². The quantitative estimate of drug-likeness (QED) is 0.692. The summed E-state index contributed by atoms with van der Waals surface area (Å²) >= 11 is 0. The number of rotatable bonds is 6. The van der Waals surface area contributed by atoms with Crippen molar-refractivity contribution in [3.8, 4) is 0 Å². The Kier molecular flexibility index (Phi) is 3.14. The Labute approximate surface area is 84.1 Å². The van der Waals surface area contributed by atoms with Crippen LogP contribution in [-0.4, -0.2) is 23.7 Å². The molecule has 1 saturated carbocycles. The van der Waals surface area contributed by atoms with Crippen molar-refractivity contribution in [3.63, 3.8) is 0 Å². The van der Waals surface area contributed by atoms with Gasteiger partial charge in [0.15, 0.2) is 5.82 Å². The predicted octanol–water partition coefficient (Wildman–Crippen LogP) is 1.17. The summed E-state index contributed by atoms with van der Waals surface area (Å²) < 4.78 is 5.15. The van der Waals surface area contributed by atoms with Crippen LogP contribution in [0.1, 0.15) is 31.0 Å². The summed E-state index contributed by atoms with van der Waals surface area (Å²) in [5.74, 6) is 2.51. The highest BCUT2D eigenvalue weighted by Gasteiger charge is 2.23. The van der Waals surface area contributed by atoms with Gasteiger partial charge in [-0.3, -0.25) is 0 Å². The molecule has 0 unspecified atom stereocenters. The molecular weight excluding hydrogens is 178 g/mol. The summed E-state index contributed by atoms with van der Waals surface area (Å²) in [7, 11) is 1.95. The summed E-state index contributed by atoms with van der Waals surface area (Å²) in [6, 6.07) is 0. The van der Waals surface area contributed by atoms with E-state index in [2.05, 4.69) is 15.5 Å². The fourth-order valence-corrected chi connectivity index (χ4v) is 1.47. The molecule has 1 N–H and O–H groups in total. The van der Waals surface area contributed by atoms with Crippen molar-refractivity contribution in [2.24, 2.45) is 5.92 Å². The SMILES string of the molecule is CNCCCc1nc(CC2CC2)no1. The highest BCUT2D eigenvalue weighted by molar-refractivity contribution is 4.92. The van der Waals surface area contributed by atoms with Crippen molar-refractivity contribution in [2.75, 3.05) is 13.6 Å². The minimum Gasteiger partial charge on any atom is -0.339 e. The fourth-order valence-electron chi connectivity index (χ4n) is 1.47. The monoisotopic (exact) mass is 195 g/mol. The molecular formula is C10H17N3O. The van der Waals surface area contributed by atoms with E-state index in [1.165, 1.54) is 12.8 Å².